The number of hydrogen-bond donors (Lipinski definition) is 0. The fourth-order valence-corrected chi connectivity index (χ4v) is 3.72. The van der Waals surface area contributed by atoms with Crippen molar-refractivity contribution in [2.24, 2.45) is 5.92 Å². The number of Topliss-reactive ketones (excluding diaryl/α,β-unsaturated/α-hetero) is 1. The number of carbonyl (C=O) groups excluding carboxylic acids is 1. The lowest BCUT2D eigenvalue weighted by atomic mass is 9.90. The zero-order chi connectivity index (χ0) is 15.4. The number of thiazole rings is 1. The molecule has 1 saturated heterocycles. The number of ketones is 1. The van der Waals surface area contributed by atoms with Gasteiger partial charge >= 0.3 is 0 Å². The Bertz CT molecular complexity index is 623. The first-order valence-corrected chi connectivity index (χ1v) is 8.78. The Morgan fingerprint density at radius 2 is 2.18 bits per heavy atom. The van der Waals surface area contributed by atoms with Gasteiger partial charge in [-0.05, 0) is 31.9 Å². The Labute approximate surface area is 136 Å². The molecule has 22 heavy (non-hydrogen) atoms. The van der Waals surface area contributed by atoms with Crippen molar-refractivity contribution in [1.29, 1.82) is 0 Å². The number of benzene rings is 1. The van der Waals surface area contributed by atoms with Crippen molar-refractivity contribution in [1.82, 2.24) is 9.88 Å². The van der Waals surface area contributed by atoms with Crippen LogP contribution in [0.2, 0.25) is 0 Å². The zero-order valence-electron chi connectivity index (χ0n) is 13.0. The molecule has 0 radical (unpaired) electrons. The molecule has 1 aliphatic rings. The van der Waals surface area contributed by atoms with Gasteiger partial charge in [-0.1, -0.05) is 30.3 Å². The predicted molar refractivity (Wildman–Crippen MR) is 90.0 cm³/mol. The predicted octanol–water partition coefficient (Wildman–Crippen LogP) is 3.48. The van der Waals surface area contributed by atoms with Crippen LogP contribution in [0.5, 0.6) is 0 Å². The van der Waals surface area contributed by atoms with E-state index in [4.69, 9.17) is 0 Å². The van der Waals surface area contributed by atoms with Gasteiger partial charge in [0.1, 0.15) is 5.78 Å². The number of rotatable bonds is 5. The molecule has 1 fully saturated rings. The van der Waals surface area contributed by atoms with E-state index in [-0.39, 0.29) is 5.92 Å². The smallest absolute Gasteiger partial charge is 0.141 e. The van der Waals surface area contributed by atoms with Gasteiger partial charge in [0.25, 0.3) is 0 Å². The normalized spacial score (nSPS) is 19.2. The van der Waals surface area contributed by atoms with Gasteiger partial charge in [0.15, 0.2) is 0 Å². The summed E-state index contributed by atoms with van der Waals surface area (Å²) >= 11 is 1.70. The lowest BCUT2D eigenvalue weighted by Crippen LogP contribution is -2.38. The summed E-state index contributed by atoms with van der Waals surface area (Å²) in [7, 11) is 0. The van der Waals surface area contributed by atoms with Crippen molar-refractivity contribution >= 4 is 17.1 Å². The van der Waals surface area contributed by atoms with Crippen molar-refractivity contribution in [3.05, 3.63) is 52.0 Å². The van der Waals surface area contributed by atoms with Gasteiger partial charge in [0.2, 0.25) is 0 Å². The van der Waals surface area contributed by atoms with E-state index in [1.54, 1.807) is 11.3 Å². The monoisotopic (exact) mass is 314 g/mol. The number of likely N-dealkylation sites (tertiary alicyclic amines) is 1. The van der Waals surface area contributed by atoms with E-state index in [2.05, 4.69) is 15.3 Å². The van der Waals surface area contributed by atoms with Gasteiger partial charge in [-0.3, -0.25) is 9.69 Å². The highest BCUT2D eigenvalue weighted by Crippen LogP contribution is 2.21. The molecule has 2 heterocycles. The van der Waals surface area contributed by atoms with Crippen LogP contribution in [0, 0.1) is 12.8 Å². The quantitative estimate of drug-likeness (QED) is 0.847. The number of aryl methyl sites for hydroxylation is 1. The SMILES string of the molecule is Cc1nc(CN2CCC[C@H](C(=O)Cc3ccccc3)C2)cs1. The second kappa shape index (κ2) is 7.16. The summed E-state index contributed by atoms with van der Waals surface area (Å²) in [5, 5.41) is 3.24. The Morgan fingerprint density at radius 1 is 1.36 bits per heavy atom. The molecular weight excluding hydrogens is 292 g/mol. The Balaban J connectivity index is 1.57. The van der Waals surface area contributed by atoms with E-state index in [0.29, 0.717) is 12.2 Å². The summed E-state index contributed by atoms with van der Waals surface area (Å²) in [4.78, 5) is 19.4. The Hall–Kier alpha value is -1.52. The van der Waals surface area contributed by atoms with Crippen LogP contribution in [-0.4, -0.2) is 28.8 Å². The fraction of sp³-hybridized carbons (Fsp3) is 0.444. The van der Waals surface area contributed by atoms with E-state index in [9.17, 15) is 4.79 Å². The van der Waals surface area contributed by atoms with E-state index in [1.165, 1.54) is 0 Å². The molecule has 0 spiro atoms. The Kier molecular flexibility index (Phi) is 5.01. The number of piperidine rings is 1. The van der Waals surface area contributed by atoms with Crippen LogP contribution in [0.25, 0.3) is 0 Å². The summed E-state index contributed by atoms with van der Waals surface area (Å²) in [5.74, 6) is 0.555. The number of carbonyl (C=O) groups is 1. The molecule has 0 N–H and O–H groups in total. The highest BCUT2D eigenvalue weighted by molar-refractivity contribution is 7.09. The summed E-state index contributed by atoms with van der Waals surface area (Å²) < 4.78 is 0. The number of aromatic nitrogens is 1. The van der Waals surface area contributed by atoms with Crippen molar-refractivity contribution in [2.75, 3.05) is 13.1 Å². The highest BCUT2D eigenvalue weighted by Gasteiger charge is 2.25. The molecule has 3 rings (SSSR count). The Morgan fingerprint density at radius 3 is 2.91 bits per heavy atom. The molecule has 1 atom stereocenters. The van der Waals surface area contributed by atoms with Crippen molar-refractivity contribution in [3.8, 4) is 0 Å². The van der Waals surface area contributed by atoms with Crippen LogP contribution in [0.4, 0.5) is 0 Å². The summed E-state index contributed by atoms with van der Waals surface area (Å²) in [6.07, 6.45) is 2.70. The van der Waals surface area contributed by atoms with E-state index >= 15 is 0 Å². The third-order valence-corrected chi connectivity index (χ3v) is 5.06. The first-order valence-electron chi connectivity index (χ1n) is 7.91. The second-order valence-corrected chi connectivity index (χ2v) is 7.12. The second-order valence-electron chi connectivity index (χ2n) is 6.06. The largest absolute Gasteiger partial charge is 0.299 e. The molecule has 4 heteroatoms. The summed E-state index contributed by atoms with van der Waals surface area (Å²) in [6, 6.07) is 10.1. The van der Waals surface area contributed by atoms with Crippen LogP contribution >= 0.6 is 11.3 Å². The van der Waals surface area contributed by atoms with E-state index in [1.807, 2.05) is 37.3 Å². The van der Waals surface area contributed by atoms with Crippen molar-refractivity contribution < 1.29 is 4.79 Å². The van der Waals surface area contributed by atoms with Gasteiger partial charge in [-0.15, -0.1) is 11.3 Å². The van der Waals surface area contributed by atoms with Gasteiger partial charge in [-0.25, -0.2) is 4.98 Å². The molecule has 0 saturated carbocycles. The lowest BCUT2D eigenvalue weighted by molar-refractivity contribution is -0.124. The molecule has 0 aliphatic carbocycles. The topological polar surface area (TPSA) is 33.2 Å². The number of hydrogen-bond acceptors (Lipinski definition) is 4. The van der Waals surface area contributed by atoms with Crippen LogP contribution in [-0.2, 0) is 17.8 Å². The van der Waals surface area contributed by atoms with Gasteiger partial charge in [0.05, 0.1) is 10.7 Å². The lowest BCUT2D eigenvalue weighted by Gasteiger charge is -2.31. The molecular formula is C18H22N2OS. The zero-order valence-corrected chi connectivity index (χ0v) is 13.8. The van der Waals surface area contributed by atoms with E-state index in [0.717, 1.165) is 48.7 Å². The number of nitrogens with zero attached hydrogens (tertiary/aromatic N) is 2. The third-order valence-electron chi connectivity index (χ3n) is 4.23. The molecule has 0 amide bonds. The minimum absolute atomic E-state index is 0.175. The standard InChI is InChI=1S/C18H22N2OS/c1-14-19-17(13-22-14)12-20-9-5-8-16(11-20)18(21)10-15-6-3-2-4-7-15/h2-4,6-7,13,16H,5,8-12H2,1H3/t16-/m0/s1. The van der Waals surface area contributed by atoms with Gasteiger partial charge in [-0.2, -0.15) is 0 Å². The minimum Gasteiger partial charge on any atom is -0.299 e. The first kappa shape index (κ1) is 15.4. The highest BCUT2D eigenvalue weighted by atomic mass is 32.1. The molecule has 0 unspecified atom stereocenters. The van der Waals surface area contributed by atoms with E-state index < -0.39 is 0 Å². The first-order chi connectivity index (χ1) is 10.7. The average Bonchev–Trinajstić information content (AvgIpc) is 2.93. The molecule has 1 aromatic heterocycles. The fourth-order valence-electron chi connectivity index (χ4n) is 3.11. The molecule has 3 nitrogen and oxygen atoms in total. The molecule has 0 bridgehead atoms. The van der Waals surface area contributed by atoms with Crippen LogP contribution in [0.15, 0.2) is 35.7 Å². The average molecular weight is 314 g/mol. The maximum absolute atomic E-state index is 12.5. The molecule has 116 valence electrons. The third kappa shape index (κ3) is 4.02. The molecule has 1 aliphatic heterocycles. The van der Waals surface area contributed by atoms with Crippen molar-refractivity contribution in [2.45, 2.75) is 32.7 Å². The maximum atomic E-state index is 12.5. The van der Waals surface area contributed by atoms with Crippen LogP contribution in [0.1, 0.15) is 29.1 Å². The summed E-state index contributed by atoms with van der Waals surface area (Å²) in [6.45, 7) is 4.87. The molecule has 2 aromatic rings. The molecule has 1 aromatic carbocycles. The van der Waals surface area contributed by atoms with Crippen LogP contribution in [0.3, 0.4) is 0 Å². The van der Waals surface area contributed by atoms with Crippen molar-refractivity contribution in [3.63, 3.8) is 0 Å². The van der Waals surface area contributed by atoms with Crippen LogP contribution < -0.4 is 0 Å². The summed E-state index contributed by atoms with van der Waals surface area (Å²) in [5.41, 5.74) is 2.26. The van der Waals surface area contributed by atoms with Gasteiger partial charge in [0, 0.05) is 30.8 Å². The van der Waals surface area contributed by atoms with Gasteiger partial charge < -0.3 is 0 Å². The maximum Gasteiger partial charge on any atom is 0.141 e. The minimum atomic E-state index is 0.175.